The number of sulfonamides is 1. The summed E-state index contributed by atoms with van der Waals surface area (Å²) in [6, 6.07) is 10.0. The number of nitrogens with zero attached hydrogens (tertiary/aromatic N) is 1. The van der Waals surface area contributed by atoms with E-state index in [0.717, 1.165) is 25.7 Å². The second-order valence-corrected chi connectivity index (χ2v) is 12.7. The molecule has 0 aromatic heterocycles. The van der Waals surface area contributed by atoms with Crippen molar-refractivity contribution in [3.63, 3.8) is 0 Å². The molecule has 0 radical (unpaired) electrons. The van der Waals surface area contributed by atoms with E-state index < -0.39 is 27.3 Å². The summed E-state index contributed by atoms with van der Waals surface area (Å²) in [5.74, 6) is -0.960. The molecule has 0 fully saturated rings. The predicted octanol–water partition coefficient (Wildman–Crippen LogP) is 7.80. The molecule has 0 unspecified atom stereocenters. The highest BCUT2D eigenvalue weighted by Crippen LogP contribution is 2.24. The van der Waals surface area contributed by atoms with Gasteiger partial charge in [0.25, 0.3) is 11.6 Å². The van der Waals surface area contributed by atoms with Gasteiger partial charge in [-0.15, -0.1) is 0 Å². The molecule has 43 heavy (non-hydrogen) atoms. The largest absolute Gasteiger partial charge is 0.392 e. The molecule has 0 saturated carbocycles. The first-order chi connectivity index (χ1) is 20.8. The number of carbonyl (C=O) groups excluding carboxylic acids is 1. The summed E-state index contributed by atoms with van der Waals surface area (Å²) in [5, 5.41) is 23.8. The fraction of sp³-hybridized carbons (Fsp3) is 0.545. The van der Waals surface area contributed by atoms with Crippen LogP contribution >= 0.6 is 0 Å². The second kappa shape index (κ2) is 20.6. The number of benzene rings is 2. The number of aliphatic hydroxyl groups is 1. The Labute approximate surface area is 257 Å². The smallest absolute Gasteiger partial charge is 0.273 e. The number of nitro benzene ring substituents is 1. The van der Waals surface area contributed by atoms with Gasteiger partial charge in [-0.2, -0.15) is 0 Å². The number of hydrogen-bond acceptors (Lipinski definition) is 6. The van der Waals surface area contributed by atoms with E-state index in [1.165, 1.54) is 107 Å². The monoisotopic (exact) mass is 615 g/mol. The van der Waals surface area contributed by atoms with Crippen LogP contribution in [0.5, 0.6) is 0 Å². The number of nitrogens with one attached hydrogen (secondary N) is 2. The lowest BCUT2D eigenvalue weighted by Crippen LogP contribution is -2.25. The lowest BCUT2D eigenvalue weighted by atomic mass is 10.1. The number of para-hydroxylation sites is 1. The van der Waals surface area contributed by atoms with Gasteiger partial charge in [0.2, 0.25) is 10.0 Å². The minimum absolute atomic E-state index is 0.0371. The summed E-state index contributed by atoms with van der Waals surface area (Å²) in [6.45, 7) is 2.32. The molecule has 0 aliphatic carbocycles. The molecule has 2 rings (SSSR count). The minimum atomic E-state index is -4.07. The van der Waals surface area contributed by atoms with Crippen molar-refractivity contribution in [2.24, 2.45) is 0 Å². The van der Waals surface area contributed by atoms with Crippen molar-refractivity contribution >= 4 is 27.3 Å². The van der Waals surface area contributed by atoms with Crippen LogP contribution < -0.4 is 10.0 Å². The third kappa shape index (κ3) is 14.7. The van der Waals surface area contributed by atoms with E-state index in [9.17, 15) is 28.4 Å². The van der Waals surface area contributed by atoms with Gasteiger partial charge in [0.1, 0.15) is 5.75 Å². The first kappa shape index (κ1) is 36.0. The molecule has 0 spiro atoms. The van der Waals surface area contributed by atoms with Gasteiger partial charge in [0.15, 0.2) is 0 Å². The molecule has 2 aromatic carbocycles. The van der Waals surface area contributed by atoms with Crippen LogP contribution in [-0.2, 0) is 22.4 Å². The fourth-order valence-corrected chi connectivity index (χ4v) is 6.10. The Kier molecular flexibility index (Phi) is 17.2. The highest BCUT2D eigenvalue weighted by molar-refractivity contribution is 7.91. The number of carbonyl (C=O) groups is 1. The average molecular weight is 616 g/mol. The average Bonchev–Trinajstić information content (AvgIpc) is 2.98. The molecule has 238 valence electrons. The Bertz CT molecular complexity index is 1260. The first-order valence-electron chi connectivity index (χ1n) is 15.7. The van der Waals surface area contributed by atoms with E-state index in [4.69, 9.17) is 0 Å². The Morgan fingerprint density at radius 2 is 1.47 bits per heavy atom. The topological polar surface area (TPSA) is 139 Å². The van der Waals surface area contributed by atoms with E-state index in [2.05, 4.69) is 29.1 Å². The van der Waals surface area contributed by atoms with E-state index in [0.29, 0.717) is 6.54 Å². The van der Waals surface area contributed by atoms with Crippen LogP contribution in [0.15, 0.2) is 54.6 Å². The Morgan fingerprint density at radius 3 is 2.09 bits per heavy atom. The van der Waals surface area contributed by atoms with Crippen molar-refractivity contribution in [2.75, 3.05) is 11.3 Å². The van der Waals surface area contributed by atoms with Gasteiger partial charge in [-0.05, 0) is 44.2 Å². The molecule has 10 heteroatoms. The molecular weight excluding hydrogens is 566 g/mol. The summed E-state index contributed by atoms with van der Waals surface area (Å²) in [5.41, 5.74) is 0.344. The number of amides is 1. The Balaban J connectivity index is 1.69. The van der Waals surface area contributed by atoms with Crippen LogP contribution in [0.1, 0.15) is 118 Å². The molecule has 2 aromatic rings. The highest BCUT2D eigenvalue weighted by Gasteiger charge is 2.21. The molecule has 3 N–H and O–H groups in total. The second-order valence-electron chi connectivity index (χ2n) is 11.0. The quantitative estimate of drug-likeness (QED) is 0.0505. The Morgan fingerprint density at radius 1 is 0.860 bits per heavy atom. The summed E-state index contributed by atoms with van der Waals surface area (Å²) >= 11 is 0. The van der Waals surface area contributed by atoms with Gasteiger partial charge >= 0.3 is 0 Å². The molecule has 0 aliphatic heterocycles. The van der Waals surface area contributed by atoms with Crippen LogP contribution in [0.2, 0.25) is 0 Å². The van der Waals surface area contributed by atoms with Crippen LogP contribution in [0, 0.1) is 10.1 Å². The van der Waals surface area contributed by atoms with Gasteiger partial charge < -0.3 is 10.4 Å². The molecule has 0 bridgehead atoms. The zero-order valence-electron chi connectivity index (χ0n) is 25.6. The maximum absolute atomic E-state index is 12.8. The van der Waals surface area contributed by atoms with Gasteiger partial charge in [-0.1, -0.05) is 101 Å². The summed E-state index contributed by atoms with van der Waals surface area (Å²) in [7, 11) is -4.07. The molecule has 1 amide bonds. The zero-order valence-corrected chi connectivity index (χ0v) is 26.4. The summed E-state index contributed by atoms with van der Waals surface area (Å²) < 4.78 is 28.0. The number of unbranched alkanes of at least 4 members (excludes halogenated alkanes) is 12. The van der Waals surface area contributed by atoms with Gasteiger partial charge in [-0.25, -0.2) is 8.42 Å². The normalized spacial score (nSPS) is 11.6. The van der Waals surface area contributed by atoms with Crippen LogP contribution in [0.4, 0.5) is 11.4 Å². The standard InChI is InChI=1S/C33H49N3O6S/c1-2-3-4-5-6-7-8-9-10-11-12-13-14-15-16-19-24-34-33(38)28-22-23-29(26-37)31(25-28)35-43(41,42)27-30-20-17-18-21-32(30)36(39)40/h9-10,17-18,20-23,25,35,37H,2-8,11-16,19,24,26-27H2,1H3,(H,34,38)/b10-9-. The lowest BCUT2D eigenvalue weighted by molar-refractivity contribution is -0.385. The molecular formula is C33H49N3O6S. The minimum Gasteiger partial charge on any atom is -0.392 e. The van der Waals surface area contributed by atoms with Crippen molar-refractivity contribution in [1.82, 2.24) is 5.32 Å². The lowest BCUT2D eigenvalue weighted by Gasteiger charge is -2.13. The third-order valence-electron chi connectivity index (χ3n) is 7.32. The maximum atomic E-state index is 12.8. The number of hydrogen-bond donors (Lipinski definition) is 3. The van der Waals surface area contributed by atoms with Gasteiger partial charge in [-0.3, -0.25) is 19.6 Å². The first-order valence-corrected chi connectivity index (χ1v) is 17.3. The number of aliphatic hydroxyl groups excluding tert-OH is 1. The SMILES string of the molecule is CCCCCCCC/C=C\CCCCCCCCNC(=O)c1ccc(CO)c(NS(=O)(=O)Cc2ccccc2[N+](=O)[O-])c1. The molecule has 0 saturated heterocycles. The Hall–Kier alpha value is -3.24. The van der Waals surface area contributed by atoms with E-state index in [-0.39, 0.29) is 34.0 Å². The van der Waals surface area contributed by atoms with Crippen LogP contribution in [0.25, 0.3) is 0 Å². The van der Waals surface area contributed by atoms with E-state index in [1.54, 1.807) is 0 Å². The molecule has 9 nitrogen and oxygen atoms in total. The number of anilines is 1. The van der Waals surface area contributed by atoms with Crippen molar-refractivity contribution < 1.29 is 23.2 Å². The van der Waals surface area contributed by atoms with Gasteiger partial charge in [0.05, 0.1) is 17.2 Å². The maximum Gasteiger partial charge on any atom is 0.273 e. The van der Waals surface area contributed by atoms with Crippen molar-refractivity contribution in [3.8, 4) is 0 Å². The summed E-state index contributed by atoms with van der Waals surface area (Å²) in [4.78, 5) is 23.3. The van der Waals surface area contributed by atoms with Crippen LogP contribution in [-0.4, -0.2) is 30.9 Å². The predicted molar refractivity (Wildman–Crippen MR) is 173 cm³/mol. The fourth-order valence-electron chi connectivity index (χ4n) is 4.85. The highest BCUT2D eigenvalue weighted by atomic mass is 32.2. The van der Waals surface area contributed by atoms with E-state index in [1.807, 2.05) is 0 Å². The number of nitro groups is 1. The van der Waals surface area contributed by atoms with Gasteiger partial charge in [0, 0.05) is 29.3 Å². The number of allylic oxidation sites excluding steroid dienone is 2. The van der Waals surface area contributed by atoms with E-state index >= 15 is 0 Å². The molecule has 0 atom stereocenters. The summed E-state index contributed by atoms with van der Waals surface area (Å²) in [6.07, 6.45) is 21.6. The van der Waals surface area contributed by atoms with Crippen molar-refractivity contribution in [1.29, 1.82) is 0 Å². The number of rotatable bonds is 23. The van der Waals surface area contributed by atoms with Crippen molar-refractivity contribution in [2.45, 2.75) is 109 Å². The molecule has 0 aliphatic rings. The zero-order chi connectivity index (χ0) is 31.3. The van der Waals surface area contributed by atoms with Crippen LogP contribution in [0.3, 0.4) is 0 Å². The third-order valence-corrected chi connectivity index (χ3v) is 8.54. The molecule has 0 heterocycles. The van der Waals surface area contributed by atoms with Crippen molar-refractivity contribution in [3.05, 3.63) is 81.4 Å².